The third kappa shape index (κ3) is 2.18. The highest BCUT2D eigenvalue weighted by atomic mass is 79.9. The molecule has 102 valence electrons. The lowest BCUT2D eigenvalue weighted by atomic mass is 10.1. The van der Waals surface area contributed by atoms with Crippen LogP contribution in [0.25, 0.3) is 5.65 Å². The summed E-state index contributed by atoms with van der Waals surface area (Å²) in [5.74, 6) is 0.830. The van der Waals surface area contributed by atoms with E-state index in [0.717, 1.165) is 21.8 Å². The number of hydrogen-bond donors (Lipinski definition) is 0. The fourth-order valence-corrected chi connectivity index (χ4v) is 2.79. The number of fused-ring (bicyclic) bond motifs is 1. The summed E-state index contributed by atoms with van der Waals surface area (Å²) in [4.78, 5) is 11.0. The van der Waals surface area contributed by atoms with Crippen molar-refractivity contribution >= 4 is 33.1 Å². The first-order valence-corrected chi connectivity index (χ1v) is 7.16. The minimum atomic E-state index is 0.787. The van der Waals surface area contributed by atoms with Gasteiger partial charge in [0.1, 0.15) is 4.60 Å². The molecule has 2 aromatic heterocycles. The summed E-state index contributed by atoms with van der Waals surface area (Å²) >= 11 is 3.45. The van der Waals surface area contributed by atoms with Crippen LogP contribution in [0.4, 0.5) is 11.5 Å². The van der Waals surface area contributed by atoms with Gasteiger partial charge in [0.15, 0.2) is 11.5 Å². The quantitative estimate of drug-likeness (QED) is 0.715. The van der Waals surface area contributed by atoms with E-state index in [-0.39, 0.29) is 0 Å². The highest BCUT2D eigenvalue weighted by molar-refractivity contribution is 9.10. The Labute approximate surface area is 126 Å². The number of aryl methyl sites for hydroxylation is 2. The van der Waals surface area contributed by atoms with Gasteiger partial charge in [0.25, 0.3) is 0 Å². The largest absolute Gasteiger partial charge is 0.326 e. The molecule has 0 aliphatic carbocycles. The first-order valence-electron chi connectivity index (χ1n) is 6.36. The van der Waals surface area contributed by atoms with E-state index in [1.54, 1.807) is 6.20 Å². The van der Waals surface area contributed by atoms with Crippen molar-refractivity contribution in [2.75, 3.05) is 11.9 Å². The second kappa shape index (κ2) is 4.90. The van der Waals surface area contributed by atoms with Crippen molar-refractivity contribution < 1.29 is 0 Å². The average Bonchev–Trinajstić information content (AvgIpc) is 2.85. The highest BCUT2D eigenvalue weighted by Crippen LogP contribution is 2.29. The Morgan fingerprint density at radius 2 is 2.05 bits per heavy atom. The molecule has 0 bridgehead atoms. The van der Waals surface area contributed by atoms with Gasteiger partial charge in [-0.2, -0.15) is 0 Å². The fourth-order valence-electron chi connectivity index (χ4n) is 2.41. The predicted octanol–water partition coefficient (Wildman–Crippen LogP) is 3.88. The van der Waals surface area contributed by atoms with Gasteiger partial charge in [0.05, 0.1) is 0 Å². The molecule has 0 aliphatic heterocycles. The summed E-state index contributed by atoms with van der Waals surface area (Å²) < 4.78 is 2.75. The van der Waals surface area contributed by atoms with E-state index >= 15 is 0 Å². The lowest BCUT2D eigenvalue weighted by Crippen LogP contribution is -2.14. The first kappa shape index (κ1) is 13.1. The lowest BCUT2D eigenvalue weighted by Gasteiger charge is -2.21. The number of anilines is 2. The van der Waals surface area contributed by atoms with Crippen molar-refractivity contribution in [3.8, 4) is 0 Å². The topological polar surface area (TPSA) is 33.4 Å². The third-order valence-corrected chi connectivity index (χ3v) is 3.74. The molecule has 0 unspecified atom stereocenters. The Balaban J connectivity index is 2.16. The molecule has 3 rings (SSSR count). The number of rotatable bonds is 2. The zero-order valence-electron chi connectivity index (χ0n) is 11.6. The van der Waals surface area contributed by atoms with E-state index in [0.29, 0.717) is 0 Å². The molecule has 0 radical (unpaired) electrons. The second-order valence-electron chi connectivity index (χ2n) is 4.89. The minimum absolute atomic E-state index is 0.787. The lowest BCUT2D eigenvalue weighted by molar-refractivity contribution is 1.04. The number of hydrogen-bond acceptors (Lipinski definition) is 3. The summed E-state index contributed by atoms with van der Waals surface area (Å²) in [6.45, 7) is 4.21. The SMILES string of the molecule is Cc1ccc(N(C)c2nc(Br)cn3ccnc23)c(C)c1. The average molecular weight is 331 g/mol. The Kier molecular flexibility index (Phi) is 3.22. The van der Waals surface area contributed by atoms with Crippen LogP contribution in [0.3, 0.4) is 0 Å². The summed E-state index contributed by atoms with van der Waals surface area (Å²) in [6.07, 6.45) is 5.60. The van der Waals surface area contributed by atoms with Crippen LogP contribution in [0.15, 0.2) is 41.4 Å². The monoisotopic (exact) mass is 330 g/mol. The van der Waals surface area contributed by atoms with E-state index in [2.05, 4.69) is 62.8 Å². The fraction of sp³-hybridized carbons (Fsp3) is 0.200. The van der Waals surface area contributed by atoms with Gasteiger partial charge in [0.2, 0.25) is 0 Å². The molecule has 0 atom stereocenters. The number of imidazole rings is 1. The maximum Gasteiger partial charge on any atom is 0.180 e. The standard InChI is InChI=1S/C15H15BrN4/c1-10-4-5-12(11(2)8-10)19(3)15-14-17-6-7-20(14)9-13(16)18-15/h4-9H,1-3H3. The van der Waals surface area contributed by atoms with Crippen LogP contribution in [-0.4, -0.2) is 21.4 Å². The van der Waals surface area contributed by atoms with E-state index in [1.165, 1.54) is 11.1 Å². The molecule has 5 heteroatoms. The summed E-state index contributed by atoms with van der Waals surface area (Å²) in [5, 5.41) is 0. The van der Waals surface area contributed by atoms with Gasteiger partial charge in [-0.15, -0.1) is 0 Å². The van der Waals surface area contributed by atoms with Crippen LogP contribution >= 0.6 is 15.9 Å². The van der Waals surface area contributed by atoms with E-state index < -0.39 is 0 Å². The van der Waals surface area contributed by atoms with Gasteiger partial charge >= 0.3 is 0 Å². The van der Waals surface area contributed by atoms with Crippen LogP contribution in [0.5, 0.6) is 0 Å². The summed E-state index contributed by atoms with van der Waals surface area (Å²) in [7, 11) is 2.02. The molecule has 0 saturated carbocycles. The molecule has 0 N–H and O–H groups in total. The van der Waals surface area contributed by atoms with Gasteiger partial charge in [-0.1, -0.05) is 17.7 Å². The number of benzene rings is 1. The maximum atomic E-state index is 4.57. The molecule has 3 aromatic rings. The Morgan fingerprint density at radius 1 is 1.25 bits per heavy atom. The smallest absolute Gasteiger partial charge is 0.180 e. The zero-order valence-corrected chi connectivity index (χ0v) is 13.2. The van der Waals surface area contributed by atoms with E-state index in [1.807, 2.05) is 23.8 Å². The molecule has 4 nitrogen and oxygen atoms in total. The Hall–Kier alpha value is -1.88. The van der Waals surface area contributed by atoms with E-state index in [4.69, 9.17) is 0 Å². The molecular formula is C15H15BrN4. The maximum absolute atomic E-state index is 4.57. The molecule has 0 amide bonds. The molecule has 1 aromatic carbocycles. The van der Waals surface area contributed by atoms with Gasteiger partial charge < -0.3 is 9.30 Å². The van der Waals surface area contributed by atoms with Crippen LogP contribution in [0.1, 0.15) is 11.1 Å². The molecule has 0 saturated heterocycles. The Morgan fingerprint density at radius 3 is 2.80 bits per heavy atom. The van der Waals surface area contributed by atoms with Crippen molar-refractivity contribution in [3.05, 3.63) is 52.5 Å². The van der Waals surface area contributed by atoms with Crippen molar-refractivity contribution in [1.29, 1.82) is 0 Å². The summed E-state index contributed by atoms with van der Waals surface area (Å²) in [6, 6.07) is 6.40. The Bertz CT molecular complexity index is 779. The third-order valence-electron chi connectivity index (χ3n) is 3.36. The molecule has 0 fully saturated rings. The minimum Gasteiger partial charge on any atom is -0.326 e. The molecule has 20 heavy (non-hydrogen) atoms. The van der Waals surface area contributed by atoms with Crippen LogP contribution < -0.4 is 4.90 Å². The first-order chi connectivity index (χ1) is 9.56. The molecular weight excluding hydrogens is 316 g/mol. The normalized spacial score (nSPS) is 11.0. The van der Waals surface area contributed by atoms with Gasteiger partial charge in [-0.25, -0.2) is 9.97 Å². The number of halogens is 1. The van der Waals surface area contributed by atoms with Crippen molar-refractivity contribution in [3.63, 3.8) is 0 Å². The second-order valence-corrected chi connectivity index (χ2v) is 5.71. The molecule has 0 aliphatic rings. The summed E-state index contributed by atoms with van der Waals surface area (Å²) in [5.41, 5.74) is 4.45. The zero-order chi connectivity index (χ0) is 14.3. The van der Waals surface area contributed by atoms with Crippen LogP contribution in [-0.2, 0) is 0 Å². The van der Waals surface area contributed by atoms with Gasteiger partial charge in [-0.3, -0.25) is 0 Å². The molecule has 0 spiro atoms. The van der Waals surface area contributed by atoms with Crippen LogP contribution in [0.2, 0.25) is 0 Å². The number of nitrogens with zero attached hydrogens (tertiary/aromatic N) is 4. The van der Waals surface area contributed by atoms with Crippen molar-refractivity contribution in [2.45, 2.75) is 13.8 Å². The van der Waals surface area contributed by atoms with E-state index in [9.17, 15) is 0 Å². The van der Waals surface area contributed by atoms with Crippen molar-refractivity contribution in [2.24, 2.45) is 0 Å². The number of aromatic nitrogens is 3. The highest BCUT2D eigenvalue weighted by Gasteiger charge is 2.14. The van der Waals surface area contributed by atoms with Crippen LogP contribution in [0, 0.1) is 13.8 Å². The molecule has 2 heterocycles. The van der Waals surface area contributed by atoms with Gasteiger partial charge in [0, 0.05) is 31.3 Å². The predicted molar refractivity (Wildman–Crippen MR) is 84.7 cm³/mol. The van der Waals surface area contributed by atoms with Crippen molar-refractivity contribution in [1.82, 2.24) is 14.4 Å². The van der Waals surface area contributed by atoms with Gasteiger partial charge in [-0.05, 0) is 41.4 Å².